The third kappa shape index (κ3) is 3.60. The van der Waals surface area contributed by atoms with E-state index in [1.807, 2.05) is 4.57 Å². The van der Waals surface area contributed by atoms with Crippen LogP contribution in [0.3, 0.4) is 0 Å². The van der Waals surface area contributed by atoms with Gasteiger partial charge in [0.15, 0.2) is 11.2 Å². The lowest BCUT2D eigenvalue weighted by atomic mass is 10.00. The molecule has 0 spiro atoms. The van der Waals surface area contributed by atoms with Crippen LogP contribution >= 0.6 is 0 Å². The third-order valence-electron chi connectivity index (χ3n) is 6.25. The lowest BCUT2D eigenvalue weighted by Crippen LogP contribution is -2.39. The van der Waals surface area contributed by atoms with E-state index >= 15 is 0 Å². The monoisotopic (exact) mass is 413 g/mol. The second-order valence-corrected chi connectivity index (χ2v) is 8.15. The minimum atomic E-state index is -0.394. The summed E-state index contributed by atoms with van der Waals surface area (Å²) in [5.41, 5.74) is 0.919. The fourth-order valence-corrected chi connectivity index (χ4v) is 4.47. The Labute approximate surface area is 174 Å². The molecule has 4 rings (SSSR count). The minimum absolute atomic E-state index is 0.299. The first-order valence-corrected chi connectivity index (χ1v) is 10.5. The topological polar surface area (TPSA) is 65.1 Å². The molecule has 1 fully saturated rings. The standard InChI is InChI=1S/C22H28FN5O2/c1-4-17-7-5-6-12-27(17)14-18-24-20-19(21(29)26(3)22(30)25(20)2)28(18)13-15-8-10-16(23)11-9-15/h8-11,17H,4-7,12-14H2,1-3H3/t17-/m0/s1. The van der Waals surface area contributed by atoms with E-state index in [9.17, 15) is 14.0 Å². The largest absolute Gasteiger partial charge is 0.332 e. The number of hydrogen-bond donors (Lipinski definition) is 0. The van der Waals surface area contributed by atoms with Gasteiger partial charge in [-0.15, -0.1) is 0 Å². The highest BCUT2D eigenvalue weighted by Gasteiger charge is 2.25. The maximum Gasteiger partial charge on any atom is 0.332 e. The van der Waals surface area contributed by atoms with E-state index in [2.05, 4.69) is 11.8 Å². The van der Waals surface area contributed by atoms with E-state index in [4.69, 9.17) is 4.98 Å². The van der Waals surface area contributed by atoms with Crippen molar-refractivity contribution in [3.8, 4) is 0 Å². The van der Waals surface area contributed by atoms with E-state index in [1.165, 1.54) is 30.2 Å². The zero-order valence-corrected chi connectivity index (χ0v) is 17.8. The first kappa shape index (κ1) is 20.5. The molecule has 0 radical (unpaired) electrons. The van der Waals surface area contributed by atoms with Gasteiger partial charge in [-0.25, -0.2) is 14.2 Å². The van der Waals surface area contributed by atoms with Gasteiger partial charge in [0.05, 0.1) is 6.54 Å². The van der Waals surface area contributed by atoms with Crippen molar-refractivity contribution in [3.05, 3.63) is 62.3 Å². The molecular weight excluding hydrogens is 385 g/mol. The summed E-state index contributed by atoms with van der Waals surface area (Å²) in [5, 5.41) is 0. The Bertz CT molecular complexity index is 1180. The van der Waals surface area contributed by atoms with Crippen LogP contribution in [0.1, 0.15) is 44.0 Å². The Balaban J connectivity index is 1.86. The average Bonchev–Trinajstić information content (AvgIpc) is 3.10. The van der Waals surface area contributed by atoms with E-state index in [1.54, 1.807) is 19.2 Å². The molecule has 160 valence electrons. The lowest BCUT2D eigenvalue weighted by molar-refractivity contribution is 0.131. The maximum absolute atomic E-state index is 13.4. The Morgan fingerprint density at radius 2 is 1.80 bits per heavy atom. The number of aryl methyl sites for hydroxylation is 1. The smallest absolute Gasteiger partial charge is 0.317 e. The first-order chi connectivity index (χ1) is 14.4. The van der Waals surface area contributed by atoms with Gasteiger partial charge in [0.25, 0.3) is 5.56 Å². The number of imidazole rings is 1. The molecule has 0 unspecified atom stereocenters. The van der Waals surface area contributed by atoms with Gasteiger partial charge in [0.2, 0.25) is 0 Å². The Hall–Kier alpha value is -2.74. The van der Waals surface area contributed by atoms with Crippen molar-refractivity contribution >= 4 is 11.2 Å². The van der Waals surface area contributed by atoms with Gasteiger partial charge in [0, 0.05) is 26.7 Å². The van der Waals surface area contributed by atoms with Gasteiger partial charge in [0.1, 0.15) is 11.6 Å². The van der Waals surface area contributed by atoms with Crippen LogP contribution in [0, 0.1) is 5.82 Å². The summed E-state index contributed by atoms with van der Waals surface area (Å²) in [6, 6.07) is 6.75. The number of fused-ring (bicyclic) bond motifs is 1. The summed E-state index contributed by atoms with van der Waals surface area (Å²) in [4.78, 5) is 32.6. The molecule has 0 aliphatic carbocycles. The molecule has 1 aliphatic rings. The number of piperidine rings is 1. The fourth-order valence-electron chi connectivity index (χ4n) is 4.47. The zero-order chi connectivity index (χ0) is 21.4. The van der Waals surface area contributed by atoms with Gasteiger partial charge in [-0.3, -0.25) is 18.8 Å². The number of nitrogens with zero attached hydrogens (tertiary/aromatic N) is 5. The molecule has 0 N–H and O–H groups in total. The van der Waals surface area contributed by atoms with Crippen molar-refractivity contribution in [2.75, 3.05) is 6.54 Å². The predicted octanol–water partition coefficient (Wildman–Crippen LogP) is 2.39. The molecule has 2 aromatic heterocycles. The Kier molecular flexibility index (Phi) is 5.60. The van der Waals surface area contributed by atoms with Gasteiger partial charge >= 0.3 is 5.69 Å². The van der Waals surface area contributed by atoms with Gasteiger partial charge in [-0.2, -0.15) is 0 Å². The molecule has 0 amide bonds. The Morgan fingerprint density at radius 3 is 2.50 bits per heavy atom. The first-order valence-electron chi connectivity index (χ1n) is 10.5. The highest BCUT2D eigenvalue weighted by Crippen LogP contribution is 2.23. The molecule has 3 aromatic rings. The number of hydrogen-bond acceptors (Lipinski definition) is 4. The number of halogens is 1. The molecule has 0 saturated carbocycles. The zero-order valence-electron chi connectivity index (χ0n) is 17.8. The number of likely N-dealkylation sites (tertiary alicyclic amines) is 1. The van der Waals surface area contributed by atoms with Crippen molar-refractivity contribution in [3.63, 3.8) is 0 Å². The van der Waals surface area contributed by atoms with E-state index in [0.29, 0.717) is 30.3 Å². The van der Waals surface area contributed by atoms with Crippen LogP contribution in [0.25, 0.3) is 11.2 Å². The van der Waals surface area contributed by atoms with Crippen LogP contribution in [0.4, 0.5) is 4.39 Å². The normalized spacial score (nSPS) is 17.7. The van der Waals surface area contributed by atoms with Crippen LogP contribution in [0.2, 0.25) is 0 Å². The van der Waals surface area contributed by atoms with Crippen molar-refractivity contribution in [1.29, 1.82) is 0 Å². The Morgan fingerprint density at radius 1 is 1.07 bits per heavy atom. The fraction of sp³-hybridized carbons (Fsp3) is 0.500. The number of benzene rings is 1. The van der Waals surface area contributed by atoms with Crippen molar-refractivity contribution in [2.24, 2.45) is 14.1 Å². The SMILES string of the molecule is CC[C@H]1CCCCN1Cc1nc2c(c(=O)n(C)c(=O)n2C)n1Cc1ccc(F)cc1. The molecule has 0 bridgehead atoms. The molecule has 1 aromatic carbocycles. The molecule has 1 saturated heterocycles. The van der Waals surface area contributed by atoms with Crippen LogP contribution in [-0.4, -0.2) is 36.2 Å². The van der Waals surface area contributed by atoms with Gasteiger partial charge < -0.3 is 4.57 Å². The van der Waals surface area contributed by atoms with Gasteiger partial charge in [-0.1, -0.05) is 25.5 Å². The van der Waals surface area contributed by atoms with Crippen molar-refractivity contribution in [2.45, 2.75) is 51.7 Å². The average molecular weight is 413 g/mol. The van der Waals surface area contributed by atoms with Gasteiger partial charge in [-0.05, 0) is 43.5 Å². The maximum atomic E-state index is 13.4. The molecule has 30 heavy (non-hydrogen) atoms. The predicted molar refractivity (Wildman–Crippen MR) is 114 cm³/mol. The summed E-state index contributed by atoms with van der Waals surface area (Å²) in [6.07, 6.45) is 4.61. The molecule has 8 heteroatoms. The van der Waals surface area contributed by atoms with Crippen LogP contribution in [-0.2, 0) is 27.2 Å². The highest BCUT2D eigenvalue weighted by molar-refractivity contribution is 5.71. The number of aromatic nitrogens is 4. The molecule has 1 atom stereocenters. The molecule has 1 aliphatic heterocycles. The number of rotatable bonds is 5. The molecule has 3 heterocycles. The summed E-state index contributed by atoms with van der Waals surface area (Å²) in [6.45, 7) is 4.20. The lowest BCUT2D eigenvalue weighted by Gasteiger charge is -2.34. The summed E-state index contributed by atoms with van der Waals surface area (Å²) < 4.78 is 17.8. The van der Waals surface area contributed by atoms with E-state index in [-0.39, 0.29) is 11.4 Å². The van der Waals surface area contributed by atoms with Crippen LogP contribution < -0.4 is 11.2 Å². The third-order valence-corrected chi connectivity index (χ3v) is 6.25. The van der Waals surface area contributed by atoms with E-state index < -0.39 is 5.69 Å². The molecular formula is C22H28FN5O2. The quantitative estimate of drug-likeness (QED) is 0.644. The summed E-state index contributed by atoms with van der Waals surface area (Å²) in [7, 11) is 3.12. The summed E-state index contributed by atoms with van der Waals surface area (Å²) >= 11 is 0. The van der Waals surface area contributed by atoms with Crippen molar-refractivity contribution in [1.82, 2.24) is 23.6 Å². The summed E-state index contributed by atoms with van der Waals surface area (Å²) in [5.74, 6) is 0.458. The second-order valence-electron chi connectivity index (χ2n) is 8.15. The second kappa shape index (κ2) is 8.18. The van der Waals surface area contributed by atoms with Crippen molar-refractivity contribution < 1.29 is 4.39 Å². The van der Waals surface area contributed by atoms with Crippen LogP contribution in [0.15, 0.2) is 33.9 Å². The van der Waals surface area contributed by atoms with E-state index in [0.717, 1.165) is 41.8 Å². The molecule has 7 nitrogen and oxygen atoms in total. The highest BCUT2D eigenvalue weighted by atomic mass is 19.1. The van der Waals surface area contributed by atoms with Crippen LogP contribution in [0.5, 0.6) is 0 Å². The minimum Gasteiger partial charge on any atom is -0.317 e.